The number of thioether (sulfide) groups is 1. The molecule has 0 unspecified atom stereocenters. The van der Waals surface area contributed by atoms with Gasteiger partial charge in [-0.2, -0.15) is 0 Å². The van der Waals surface area contributed by atoms with Gasteiger partial charge in [0.1, 0.15) is 0 Å². The van der Waals surface area contributed by atoms with Crippen molar-refractivity contribution < 1.29 is 0 Å². The molecule has 1 aromatic heterocycles. The summed E-state index contributed by atoms with van der Waals surface area (Å²) in [6.45, 7) is 0. The highest BCUT2D eigenvalue weighted by Gasteiger charge is 1.99. The second kappa shape index (κ2) is 3.34. The summed E-state index contributed by atoms with van der Waals surface area (Å²) in [6.07, 6.45) is 1.95. The van der Waals surface area contributed by atoms with Gasteiger partial charge in [-0.25, -0.2) is 0 Å². The maximum Gasteiger partial charge on any atom is 0.314 e. The molecule has 0 bridgehead atoms. The van der Waals surface area contributed by atoms with Gasteiger partial charge in [0, 0.05) is 4.90 Å². The molecule has 0 saturated heterocycles. The van der Waals surface area contributed by atoms with Crippen molar-refractivity contribution in [2.75, 3.05) is 6.26 Å². The number of hydrogen-bond acceptors (Lipinski definition) is 3. The molecule has 0 aliphatic carbocycles. The Balaban J connectivity index is 2.83. The first kappa shape index (κ1) is 9.08. The highest BCUT2D eigenvalue weighted by atomic mass is 32.2. The fourth-order valence-electron chi connectivity index (χ4n) is 1.22. The normalized spacial score (nSPS) is 10.6. The van der Waals surface area contributed by atoms with E-state index in [1.54, 1.807) is 17.8 Å². The second-order valence-corrected chi connectivity index (χ2v) is 3.70. The van der Waals surface area contributed by atoms with Gasteiger partial charge in [-0.05, 0) is 24.5 Å². The predicted octanol–water partition coefficient (Wildman–Crippen LogP) is 0.938. The Kier molecular flexibility index (Phi) is 2.17. The Morgan fingerprint density at radius 2 is 1.71 bits per heavy atom. The van der Waals surface area contributed by atoms with Crippen molar-refractivity contribution in [2.45, 2.75) is 4.90 Å². The lowest BCUT2D eigenvalue weighted by atomic mass is 10.3. The van der Waals surface area contributed by atoms with Crippen LogP contribution in [0.15, 0.2) is 32.7 Å². The average molecular weight is 208 g/mol. The Morgan fingerprint density at radius 1 is 1.07 bits per heavy atom. The van der Waals surface area contributed by atoms with Crippen LogP contribution in [0.4, 0.5) is 0 Å². The largest absolute Gasteiger partial charge is 0.316 e. The predicted molar refractivity (Wildman–Crippen MR) is 57.0 cm³/mol. The number of fused-ring (bicyclic) bond motifs is 1. The van der Waals surface area contributed by atoms with Gasteiger partial charge in [0.2, 0.25) is 0 Å². The molecule has 72 valence electrons. The van der Waals surface area contributed by atoms with Gasteiger partial charge in [-0.3, -0.25) is 9.59 Å². The van der Waals surface area contributed by atoms with Crippen molar-refractivity contribution >= 4 is 22.8 Å². The van der Waals surface area contributed by atoms with Crippen molar-refractivity contribution in [3.63, 3.8) is 0 Å². The number of aromatic nitrogens is 2. The van der Waals surface area contributed by atoms with Gasteiger partial charge in [-0.1, -0.05) is 0 Å². The number of aromatic amines is 2. The Hall–Kier alpha value is -1.49. The van der Waals surface area contributed by atoms with Crippen LogP contribution in [-0.4, -0.2) is 16.2 Å². The van der Waals surface area contributed by atoms with E-state index in [0.717, 1.165) is 4.90 Å². The Morgan fingerprint density at radius 3 is 2.36 bits per heavy atom. The van der Waals surface area contributed by atoms with E-state index in [0.29, 0.717) is 11.0 Å². The third-order valence-corrected chi connectivity index (χ3v) is 2.65. The van der Waals surface area contributed by atoms with Crippen molar-refractivity contribution in [3.8, 4) is 0 Å². The molecule has 2 rings (SSSR count). The van der Waals surface area contributed by atoms with E-state index in [2.05, 4.69) is 9.97 Å². The highest BCUT2D eigenvalue weighted by molar-refractivity contribution is 7.98. The summed E-state index contributed by atoms with van der Waals surface area (Å²) in [6, 6.07) is 5.50. The first-order valence-electron chi connectivity index (χ1n) is 4.01. The van der Waals surface area contributed by atoms with Gasteiger partial charge in [-0.15, -0.1) is 11.8 Å². The molecule has 0 aliphatic rings. The molecule has 0 atom stereocenters. The van der Waals surface area contributed by atoms with E-state index in [4.69, 9.17) is 0 Å². The lowest BCUT2D eigenvalue weighted by molar-refractivity contribution is 1.14. The summed E-state index contributed by atoms with van der Waals surface area (Å²) < 4.78 is 0. The molecule has 2 aromatic rings. The zero-order chi connectivity index (χ0) is 10.1. The minimum atomic E-state index is -0.616. The second-order valence-electron chi connectivity index (χ2n) is 2.82. The molecule has 4 nitrogen and oxygen atoms in total. The number of hydrogen-bond donors (Lipinski definition) is 2. The van der Waals surface area contributed by atoms with Gasteiger partial charge in [0.05, 0.1) is 11.0 Å². The third-order valence-electron chi connectivity index (χ3n) is 1.93. The molecular formula is C9H8N2O2S. The number of benzene rings is 1. The van der Waals surface area contributed by atoms with Crippen molar-refractivity contribution in [3.05, 3.63) is 38.9 Å². The van der Waals surface area contributed by atoms with Crippen LogP contribution in [0.1, 0.15) is 0 Å². The molecule has 2 N–H and O–H groups in total. The lowest BCUT2D eigenvalue weighted by Gasteiger charge is -1.99. The van der Waals surface area contributed by atoms with Crippen molar-refractivity contribution in [1.82, 2.24) is 9.97 Å². The summed E-state index contributed by atoms with van der Waals surface area (Å²) in [5.74, 6) is 0. The van der Waals surface area contributed by atoms with E-state index >= 15 is 0 Å². The lowest BCUT2D eigenvalue weighted by Crippen LogP contribution is -2.28. The summed E-state index contributed by atoms with van der Waals surface area (Å²) in [5, 5.41) is 0. The summed E-state index contributed by atoms with van der Waals surface area (Å²) in [5.41, 5.74) is 0.0685. The van der Waals surface area contributed by atoms with E-state index in [9.17, 15) is 9.59 Å². The number of H-pyrrole nitrogens is 2. The topological polar surface area (TPSA) is 65.7 Å². The van der Waals surface area contributed by atoms with E-state index in [-0.39, 0.29) is 0 Å². The van der Waals surface area contributed by atoms with Crippen LogP contribution in [0.5, 0.6) is 0 Å². The maximum absolute atomic E-state index is 11.0. The van der Waals surface area contributed by atoms with Crippen LogP contribution in [0.3, 0.4) is 0 Å². The van der Waals surface area contributed by atoms with E-state index in [1.165, 1.54) is 0 Å². The monoisotopic (exact) mass is 208 g/mol. The van der Waals surface area contributed by atoms with E-state index < -0.39 is 11.1 Å². The minimum absolute atomic E-state index is 0.615. The molecule has 0 aliphatic heterocycles. The molecule has 5 heteroatoms. The van der Waals surface area contributed by atoms with Gasteiger partial charge < -0.3 is 9.97 Å². The van der Waals surface area contributed by atoms with Crippen molar-refractivity contribution in [1.29, 1.82) is 0 Å². The molecule has 1 aromatic carbocycles. The van der Waals surface area contributed by atoms with Crippen LogP contribution in [0, 0.1) is 0 Å². The SMILES string of the molecule is CSc1ccc2[nH]c(=O)c(=O)[nH]c2c1. The summed E-state index contributed by atoms with van der Waals surface area (Å²) in [7, 11) is 0. The number of nitrogens with one attached hydrogen (secondary N) is 2. The molecule has 1 heterocycles. The Bertz CT molecular complexity index is 585. The van der Waals surface area contributed by atoms with Crippen LogP contribution in [0.25, 0.3) is 11.0 Å². The maximum atomic E-state index is 11.0. The zero-order valence-corrected chi connectivity index (χ0v) is 8.27. The Labute approximate surface area is 83.4 Å². The first-order chi connectivity index (χ1) is 6.70. The smallest absolute Gasteiger partial charge is 0.314 e. The summed E-state index contributed by atoms with van der Waals surface area (Å²) in [4.78, 5) is 28.1. The molecular weight excluding hydrogens is 200 g/mol. The standard InChI is InChI=1S/C9H8N2O2S/c1-14-5-2-3-6-7(4-5)11-9(13)8(12)10-6/h2-4H,1H3,(H,10,12)(H,11,13). The molecule has 0 radical (unpaired) electrons. The average Bonchev–Trinajstić information content (AvgIpc) is 2.19. The molecule has 0 spiro atoms. The van der Waals surface area contributed by atoms with Gasteiger partial charge in [0.25, 0.3) is 0 Å². The van der Waals surface area contributed by atoms with Crippen LogP contribution in [0.2, 0.25) is 0 Å². The van der Waals surface area contributed by atoms with Crippen LogP contribution >= 0.6 is 11.8 Å². The first-order valence-corrected chi connectivity index (χ1v) is 5.23. The van der Waals surface area contributed by atoms with Crippen LogP contribution < -0.4 is 11.1 Å². The number of rotatable bonds is 1. The fraction of sp³-hybridized carbons (Fsp3) is 0.111. The third kappa shape index (κ3) is 1.46. The van der Waals surface area contributed by atoms with Crippen LogP contribution in [-0.2, 0) is 0 Å². The van der Waals surface area contributed by atoms with Gasteiger partial charge >= 0.3 is 11.1 Å². The van der Waals surface area contributed by atoms with Crippen molar-refractivity contribution in [2.24, 2.45) is 0 Å². The fourth-order valence-corrected chi connectivity index (χ4v) is 1.66. The summed E-state index contributed by atoms with van der Waals surface area (Å²) >= 11 is 1.58. The highest BCUT2D eigenvalue weighted by Crippen LogP contribution is 2.17. The van der Waals surface area contributed by atoms with Gasteiger partial charge in [0.15, 0.2) is 0 Å². The molecule has 0 amide bonds. The zero-order valence-electron chi connectivity index (χ0n) is 7.46. The minimum Gasteiger partial charge on any atom is -0.316 e. The molecule has 0 saturated carbocycles. The molecule has 14 heavy (non-hydrogen) atoms. The quantitative estimate of drug-likeness (QED) is 0.541. The van der Waals surface area contributed by atoms with E-state index in [1.807, 2.05) is 18.4 Å². The molecule has 0 fully saturated rings.